The van der Waals surface area contributed by atoms with Crippen molar-refractivity contribution in [1.29, 1.82) is 0 Å². The van der Waals surface area contributed by atoms with Gasteiger partial charge >= 0.3 is 0 Å². The lowest BCUT2D eigenvalue weighted by molar-refractivity contribution is 0.0931. The lowest BCUT2D eigenvalue weighted by Gasteiger charge is -2.20. The standard InChI is InChI=1S/C12H14O2/c1-3-9-5-4-8(2)12-11(9)10(13)6-7-14-12/h4-5H,3,6-7H2,1-2H3. The molecule has 0 atom stereocenters. The second-order valence-corrected chi connectivity index (χ2v) is 3.62. The Morgan fingerprint density at radius 3 is 2.93 bits per heavy atom. The van der Waals surface area contributed by atoms with E-state index < -0.39 is 0 Å². The van der Waals surface area contributed by atoms with Crippen LogP contribution >= 0.6 is 0 Å². The van der Waals surface area contributed by atoms with Crippen LogP contribution in [-0.4, -0.2) is 12.4 Å². The van der Waals surface area contributed by atoms with E-state index in [9.17, 15) is 4.79 Å². The molecule has 2 nitrogen and oxygen atoms in total. The maximum atomic E-state index is 11.7. The maximum Gasteiger partial charge on any atom is 0.170 e. The topological polar surface area (TPSA) is 26.3 Å². The van der Waals surface area contributed by atoms with Crippen LogP contribution in [0, 0.1) is 6.92 Å². The molecule has 1 heterocycles. The Morgan fingerprint density at radius 2 is 2.21 bits per heavy atom. The summed E-state index contributed by atoms with van der Waals surface area (Å²) in [6, 6.07) is 4.05. The Labute approximate surface area is 83.9 Å². The summed E-state index contributed by atoms with van der Waals surface area (Å²) in [7, 11) is 0. The average molecular weight is 190 g/mol. The van der Waals surface area contributed by atoms with Crippen LogP contribution in [0.25, 0.3) is 0 Å². The van der Waals surface area contributed by atoms with Gasteiger partial charge in [-0.3, -0.25) is 4.79 Å². The molecule has 1 aliphatic heterocycles. The molecule has 0 saturated carbocycles. The molecule has 0 saturated heterocycles. The molecule has 1 aliphatic rings. The SMILES string of the molecule is CCc1ccc(C)c2c1C(=O)CCO2. The van der Waals surface area contributed by atoms with Crippen molar-refractivity contribution in [2.45, 2.75) is 26.7 Å². The number of carbonyl (C=O) groups is 1. The third-order valence-electron chi connectivity index (χ3n) is 2.68. The molecule has 0 radical (unpaired) electrons. The van der Waals surface area contributed by atoms with Crippen molar-refractivity contribution in [3.63, 3.8) is 0 Å². The van der Waals surface area contributed by atoms with E-state index in [1.54, 1.807) is 0 Å². The highest BCUT2D eigenvalue weighted by atomic mass is 16.5. The summed E-state index contributed by atoms with van der Waals surface area (Å²) in [5, 5.41) is 0. The van der Waals surface area contributed by atoms with Gasteiger partial charge in [0.15, 0.2) is 5.78 Å². The fourth-order valence-electron chi connectivity index (χ4n) is 1.88. The highest BCUT2D eigenvalue weighted by Gasteiger charge is 2.22. The van der Waals surface area contributed by atoms with Crippen LogP contribution < -0.4 is 4.74 Å². The Balaban J connectivity index is 2.64. The number of aryl methyl sites for hydroxylation is 2. The summed E-state index contributed by atoms with van der Waals surface area (Å²) in [4.78, 5) is 11.7. The highest BCUT2D eigenvalue weighted by Crippen LogP contribution is 2.31. The Hall–Kier alpha value is -1.31. The molecule has 14 heavy (non-hydrogen) atoms. The van der Waals surface area contributed by atoms with E-state index in [0.29, 0.717) is 13.0 Å². The number of fused-ring (bicyclic) bond motifs is 1. The second-order valence-electron chi connectivity index (χ2n) is 3.62. The van der Waals surface area contributed by atoms with Crippen LogP contribution in [0.5, 0.6) is 5.75 Å². The van der Waals surface area contributed by atoms with Gasteiger partial charge in [0, 0.05) is 6.42 Å². The fraction of sp³-hybridized carbons (Fsp3) is 0.417. The summed E-state index contributed by atoms with van der Waals surface area (Å²) in [6.07, 6.45) is 1.40. The first-order chi connectivity index (χ1) is 6.74. The van der Waals surface area contributed by atoms with Gasteiger partial charge in [0.05, 0.1) is 12.2 Å². The smallest absolute Gasteiger partial charge is 0.170 e. The molecule has 0 amide bonds. The van der Waals surface area contributed by atoms with Crippen molar-refractivity contribution >= 4 is 5.78 Å². The molecule has 0 spiro atoms. The van der Waals surface area contributed by atoms with Crippen molar-refractivity contribution in [2.75, 3.05) is 6.61 Å². The number of hydrogen-bond donors (Lipinski definition) is 0. The van der Waals surface area contributed by atoms with Crippen molar-refractivity contribution in [3.05, 3.63) is 28.8 Å². The molecule has 0 aliphatic carbocycles. The van der Waals surface area contributed by atoms with E-state index in [4.69, 9.17) is 4.74 Å². The summed E-state index contributed by atoms with van der Waals surface area (Å²) >= 11 is 0. The van der Waals surface area contributed by atoms with Gasteiger partial charge in [0.2, 0.25) is 0 Å². The van der Waals surface area contributed by atoms with E-state index in [-0.39, 0.29) is 5.78 Å². The summed E-state index contributed by atoms with van der Waals surface area (Å²) in [5.74, 6) is 1.03. The largest absolute Gasteiger partial charge is 0.492 e. The Bertz CT molecular complexity index is 380. The van der Waals surface area contributed by atoms with Crippen molar-refractivity contribution in [2.24, 2.45) is 0 Å². The molecule has 1 aromatic carbocycles. The van der Waals surface area contributed by atoms with E-state index in [2.05, 4.69) is 6.92 Å². The summed E-state index contributed by atoms with van der Waals surface area (Å²) in [5.41, 5.74) is 2.99. The Kier molecular flexibility index (Phi) is 2.28. The van der Waals surface area contributed by atoms with Gasteiger partial charge in [-0.15, -0.1) is 0 Å². The number of carbonyl (C=O) groups excluding carboxylic acids is 1. The molecule has 1 aromatic rings. The first kappa shape index (κ1) is 9.25. The molecule has 74 valence electrons. The molecule has 0 N–H and O–H groups in total. The number of ether oxygens (including phenoxy) is 1. The quantitative estimate of drug-likeness (QED) is 0.680. The molecule has 0 unspecified atom stereocenters. The van der Waals surface area contributed by atoms with Crippen molar-refractivity contribution < 1.29 is 9.53 Å². The second kappa shape index (κ2) is 3.45. The van der Waals surface area contributed by atoms with Crippen LogP contribution in [0.4, 0.5) is 0 Å². The first-order valence-corrected chi connectivity index (χ1v) is 5.02. The molecule has 0 aromatic heterocycles. The maximum absolute atomic E-state index is 11.7. The third kappa shape index (κ3) is 1.31. The lowest BCUT2D eigenvalue weighted by atomic mass is 9.95. The first-order valence-electron chi connectivity index (χ1n) is 5.02. The van der Waals surface area contributed by atoms with E-state index in [0.717, 1.165) is 28.9 Å². The van der Waals surface area contributed by atoms with Crippen LogP contribution in [0.2, 0.25) is 0 Å². The van der Waals surface area contributed by atoms with Gasteiger partial charge in [-0.2, -0.15) is 0 Å². The predicted molar refractivity (Wildman–Crippen MR) is 55.0 cm³/mol. The monoisotopic (exact) mass is 190 g/mol. The number of ketones is 1. The van der Waals surface area contributed by atoms with Crippen LogP contribution in [-0.2, 0) is 6.42 Å². The zero-order chi connectivity index (χ0) is 10.1. The third-order valence-corrected chi connectivity index (χ3v) is 2.68. The minimum absolute atomic E-state index is 0.229. The molecular weight excluding hydrogens is 176 g/mol. The molecule has 0 fully saturated rings. The molecular formula is C12H14O2. The van der Waals surface area contributed by atoms with Crippen LogP contribution in [0.3, 0.4) is 0 Å². The number of Topliss-reactive ketones (excluding diaryl/α,β-unsaturated/α-hetero) is 1. The highest BCUT2D eigenvalue weighted by molar-refractivity contribution is 6.01. The van der Waals surface area contributed by atoms with Crippen LogP contribution in [0.1, 0.15) is 34.8 Å². The van der Waals surface area contributed by atoms with E-state index >= 15 is 0 Å². The van der Waals surface area contributed by atoms with Gasteiger partial charge in [0.25, 0.3) is 0 Å². The molecule has 0 bridgehead atoms. The zero-order valence-electron chi connectivity index (χ0n) is 8.59. The van der Waals surface area contributed by atoms with Gasteiger partial charge in [-0.05, 0) is 24.5 Å². The minimum Gasteiger partial charge on any atom is -0.492 e. The van der Waals surface area contributed by atoms with Gasteiger partial charge < -0.3 is 4.74 Å². The van der Waals surface area contributed by atoms with Crippen molar-refractivity contribution in [1.82, 2.24) is 0 Å². The molecule has 2 heteroatoms. The number of hydrogen-bond acceptors (Lipinski definition) is 2. The number of benzene rings is 1. The van der Waals surface area contributed by atoms with Gasteiger partial charge in [0.1, 0.15) is 5.75 Å². The molecule has 2 rings (SSSR count). The minimum atomic E-state index is 0.229. The van der Waals surface area contributed by atoms with Crippen molar-refractivity contribution in [3.8, 4) is 5.75 Å². The summed E-state index contributed by atoms with van der Waals surface area (Å²) < 4.78 is 5.55. The Morgan fingerprint density at radius 1 is 1.43 bits per heavy atom. The van der Waals surface area contributed by atoms with Gasteiger partial charge in [-0.25, -0.2) is 0 Å². The number of rotatable bonds is 1. The average Bonchev–Trinajstić information content (AvgIpc) is 2.20. The van der Waals surface area contributed by atoms with Crippen LogP contribution in [0.15, 0.2) is 12.1 Å². The van der Waals surface area contributed by atoms with E-state index in [1.807, 2.05) is 19.1 Å². The predicted octanol–water partition coefficient (Wildman–Crippen LogP) is 2.52. The summed E-state index contributed by atoms with van der Waals surface area (Å²) in [6.45, 7) is 4.57. The lowest BCUT2D eigenvalue weighted by Crippen LogP contribution is -2.18. The zero-order valence-corrected chi connectivity index (χ0v) is 8.59. The fourth-order valence-corrected chi connectivity index (χ4v) is 1.88. The normalized spacial score (nSPS) is 14.9. The van der Waals surface area contributed by atoms with E-state index in [1.165, 1.54) is 0 Å². The van der Waals surface area contributed by atoms with Gasteiger partial charge in [-0.1, -0.05) is 19.1 Å².